The summed E-state index contributed by atoms with van der Waals surface area (Å²) in [6, 6.07) is 0.509. The molecular weight excluding hydrogens is 158 g/mol. The molecule has 2 rings (SSSR count). The van der Waals surface area contributed by atoms with E-state index in [1.165, 1.54) is 32.1 Å². The molecule has 2 fully saturated rings. The predicted octanol–water partition coefficient (Wildman–Crippen LogP) is 2.80. The van der Waals surface area contributed by atoms with Gasteiger partial charge in [-0.25, -0.2) is 0 Å². The zero-order valence-corrected chi connectivity index (χ0v) is 9.00. The summed E-state index contributed by atoms with van der Waals surface area (Å²) in [6.07, 6.45) is 7.03. The van der Waals surface area contributed by atoms with Gasteiger partial charge in [0.15, 0.2) is 0 Å². The Morgan fingerprint density at radius 1 is 1.31 bits per heavy atom. The van der Waals surface area contributed by atoms with Gasteiger partial charge < -0.3 is 5.73 Å². The van der Waals surface area contributed by atoms with Crippen molar-refractivity contribution in [3.05, 3.63) is 0 Å². The molecule has 0 aliphatic heterocycles. The zero-order valence-electron chi connectivity index (χ0n) is 9.00. The third-order valence-electron chi connectivity index (χ3n) is 4.32. The van der Waals surface area contributed by atoms with Crippen LogP contribution in [0.5, 0.6) is 0 Å². The number of fused-ring (bicyclic) bond motifs is 1. The lowest BCUT2D eigenvalue weighted by Gasteiger charge is -2.20. The smallest absolute Gasteiger partial charge is 0.00984 e. The van der Waals surface area contributed by atoms with Gasteiger partial charge in [-0.15, -0.1) is 0 Å². The first-order chi connectivity index (χ1) is 6.25. The number of hydrogen-bond acceptors (Lipinski definition) is 1. The summed E-state index contributed by atoms with van der Waals surface area (Å²) in [5.74, 6) is 3.74. The number of hydrogen-bond donors (Lipinski definition) is 1. The molecule has 4 unspecified atom stereocenters. The zero-order chi connectivity index (χ0) is 9.42. The molecule has 1 nitrogen and oxygen atoms in total. The molecule has 0 amide bonds. The van der Waals surface area contributed by atoms with Crippen LogP contribution in [-0.4, -0.2) is 6.04 Å². The Balaban J connectivity index is 1.81. The standard InChI is InChI=1S/C12H23N/c1-3-5-8(2)12(13)11-9-6-4-7-10(9)11/h8-12H,3-7,13H2,1-2H3. The third-order valence-corrected chi connectivity index (χ3v) is 4.32. The molecule has 0 aromatic carbocycles. The Hall–Kier alpha value is -0.0400. The van der Waals surface area contributed by atoms with Crippen molar-refractivity contribution in [2.24, 2.45) is 29.4 Å². The van der Waals surface area contributed by atoms with Crippen molar-refractivity contribution < 1.29 is 0 Å². The lowest BCUT2D eigenvalue weighted by atomic mass is 9.91. The first kappa shape index (κ1) is 9.51. The summed E-state index contributed by atoms with van der Waals surface area (Å²) in [6.45, 7) is 4.60. The second-order valence-corrected chi connectivity index (χ2v) is 5.18. The van der Waals surface area contributed by atoms with Crippen molar-refractivity contribution in [1.29, 1.82) is 0 Å². The number of rotatable bonds is 4. The van der Waals surface area contributed by atoms with Crippen LogP contribution in [0, 0.1) is 23.7 Å². The summed E-state index contributed by atoms with van der Waals surface area (Å²) in [5, 5.41) is 0. The van der Waals surface area contributed by atoms with E-state index in [0.717, 1.165) is 23.7 Å². The summed E-state index contributed by atoms with van der Waals surface area (Å²) in [5.41, 5.74) is 6.30. The van der Waals surface area contributed by atoms with Gasteiger partial charge in [0.05, 0.1) is 0 Å². The third kappa shape index (κ3) is 1.63. The quantitative estimate of drug-likeness (QED) is 0.709. The van der Waals surface area contributed by atoms with Gasteiger partial charge in [-0.05, 0) is 42.9 Å². The van der Waals surface area contributed by atoms with E-state index in [1.54, 1.807) is 0 Å². The van der Waals surface area contributed by atoms with Gasteiger partial charge in [0.2, 0.25) is 0 Å². The van der Waals surface area contributed by atoms with Crippen LogP contribution in [0.1, 0.15) is 46.0 Å². The van der Waals surface area contributed by atoms with Crippen LogP contribution in [0.2, 0.25) is 0 Å². The van der Waals surface area contributed by atoms with E-state index in [0.29, 0.717) is 6.04 Å². The van der Waals surface area contributed by atoms with Crippen LogP contribution >= 0.6 is 0 Å². The van der Waals surface area contributed by atoms with E-state index in [-0.39, 0.29) is 0 Å². The largest absolute Gasteiger partial charge is 0.327 e. The fraction of sp³-hybridized carbons (Fsp3) is 1.00. The summed E-state index contributed by atoms with van der Waals surface area (Å²) >= 11 is 0. The fourth-order valence-corrected chi connectivity index (χ4v) is 3.47. The highest BCUT2D eigenvalue weighted by Crippen LogP contribution is 2.59. The molecule has 4 atom stereocenters. The molecule has 0 radical (unpaired) electrons. The van der Waals surface area contributed by atoms with E-state index in [1.807, 2.05) is 0 Å². The second-order valence-electron chi connectivity index (χ2n) is 5.18. The highest BCUT2D eigenvalue weighted by molar-refractivity contribution is 5.06. The second kappa shape index (κ2) is 3.61. The van der Waals surface area contributed by atoms with Gasteiger partial charge in [-0.2, -0.15) is 0 Å². The van der Waals surface area contributed by atoms with Crippen LogP contribution < -0.4 is 5.73 Å². The lowest BCUT2D eigenvalue weighted by molar-refractivity contribution is 0.352. The van der Waals surface area contributed by atoms with Crippen molar-refractivity contribution in [3.63, 3.8) is 0 Å². The molecule has 0 spiro atoms. The van der Waals surface area contributed by atoms with Gasteiger partial charge >= 0.3 is 0 Å². The van der Waals surface area contributed by atoms with Gasteiger partial charge in [-0.1, -0.05) is 26.7 Å². The van der Waals surface area contributed by atoms with E-state index < -0.39 is 0 Å². The normalized spacial score (nSPS) is 41.3. The van der Waals surface area contributed by atoms with Crippen molar-refractivity contribution >= 4 is 0 Å². The van der Waals surface area contributed by atoms with E-state index in [9.17, 15) is 0 Å². The van der Waals surface area contributed by atoms with Crippen LogP contribution in [0.15, 0.2) is 0 Å². The Bertz CT molecular complexity index is 168. The first-order valence-electron chi connectivity index (χ1n) is 6.01. The molecule has 0 aromatic rings. The maximum atomic E-state index is 6.30. The Labute approximate surface area is 82.1 Å². The maximum absolute atomic E-state index is 6.30. The maximum Gasteiger partial charge on any atom is 0.00984 e. The molecule has 0 heterocycles. The molecule has 2 saturated carbocycles. The van der Waals surface area contributed by atoms with Crippen LogP contribution in [0.3, 0.4) is 0 Å². The lowest BCUT2D eigenvalue weighted by Crippen LogP contribution is -2.32. The Kier molecular flexibility index (Phi) is 2.64. The van der Waals surface area contributed by atoms with E-state index in [4.69, 9.17) is 5.73 Å². The summed E-state index contributed by atoms with van der Waals surface area (Å²) < 4.78 is 0. The minimum atomic E-state index is 0.509. The average molecular weight is 181 g/mol. The van der Waals surface area contributed by atoms with Crippen molar-refractivity contribution in [1.82, 2.24) is 0 Å². The van der Waals surface area contributed by atoms with Crippen LogP contribution in [-0.2, 0) is 0 Å². The van der Waals surface area contributed by atoms with E-state index in [2.05, 4.69) is 13.8 Å². The minimum absolute atomic E-state index is 0.509. The topological polar surface area (TPSA) is 26.0 Å². The van der Waals surface area contributed by atoms with Gasteiger partial charge in [-0.3, -0.25) is 0 Å². The monoisotopic (exact) mass is 181 g/mol. The molecule has 0 bridgehead atoms. The number of nitrogens with two attached hydrogens (primary N) is 1. The minimum Gasteiger partial charge on any atom is -0.327 e. The molecule has 2 aliphatic carbocycles. The average Bonchev–Trinajstić information content (AvgIpc) is 2.58. The van der Waals surface area contributed by atoms with Crippen molar-refractivity contribution in [2.45, 2.75) is 52.0 Å². The van der Waals surface area contributed by atoms with E-state index >= 15 is 0 Å². The van der Waals surface area contributed by atoms with Gasteiger partial charge in [0, 0.05) is 6.04 Å². The Morgan fingerprint density at radius 2 is 1.92 bits per heavy atom. The predicted molar refractivity (Wildman–Crippen MR) is 56.4 cm³/mol. The molecule has 1 heteroatoms. The molecular formula is C12H23N. The Morgan fingerprint density at radius 3 is 2.46 bits per heavy atom. The molecule has 0 saturated heterocycles. The molecule has 2 N–H and O–H groups in total. The van der Waals surface area contributed by atoms with Crippen molar-refractivity contribution in [2.75, 3.05) is 0 Å². The van der Waals surface area contributed by atoms with Crippen molar-refractivity contribution in [3.8, 4) is 0 Å². The first-order valence-corrected chi connectivity index (χ1v) is 6.01. The summed E-state index contributed by atoms with van der Waals surface area (Å²) in [4.78, 5) is 0. The highest BCUT2D eigenvalue weighted by Gasteiger charge is 2.55. The SMILES string of the molecule is CCCC(C)C(N)C1C2CCCC21. The van der Waals surface area contributed by atoms with Crippen LogP contribution in [0.25, 0.3) is 0 Å². The summed E-state index contributed by atoms with van der Waals surface area (Å²) in [7, 11) is 0. The molecule has 76 valence electrons. The molecule has 13 heavy (non-hydrogen) atoms. The van der Waals surface area contributed by atoms with Gasteiger partial charge in [0.25, 0.3) is 0 Å². The molecule has 2 aliphatic rings. The fourth-order valence-electron chi connectivity index (χ4n) is 3.47. The molecule has 0 aromatic heterocycles. The van der Waals surface area contributed by atoms with Gasteiger partial charge in [0.1, 0.15) is 0 Å². The van der Waals surface area contributed by atoms with Crippen LogP contribution in [0.4, 0.5) is 0 Å². The highest BCUT2D eigenvalue weighted by atomic mass is 14.8.